The second-order valence-electron chi connectivity index (χ2n) is 7.30. The van der Waals surface area contributed by atoms with Crippen LogP contribution < -0.4 is 10.1 Å². The number of carbonyl (C=O) groups is 1. The van der Waals surface area contributed by atoms with Crippen molar-refractivity contribution < 1.29 is 9.53 Å². The Labute approximate surface area is 172 Å². The van der Waals surface area contributed by atoms with Gasteiger partial charge in [-0.2, -0.15) is 0 Å². The first-order chi connectivity index (χ1) is 13.5. The molecule has 0 saturated heterocycles. The van der Waals surface area contributed by atoms with Gasteiger partial charge in [0.25, 0.3) is 0 Å². The van der Waals surface area contributed by atoms with Gasteiger partial charge >= 0.3 is 0 Å². The lowest BCUT2D eigenvalue weighted by atomic mass is 10.2. The van der Waals surface area contributed by atoms with Crippen molar-refractivity contribution in [2.45, 2.75) is 66.5 Å². The zero-order valence-electron chi connectivity index (χ0n) is 18.7. The predicted octanol–water partition coefficient (Wildman–Crippen LogP) is 3.92. The monoisotopic (exact) mass is 391 g/mol. The molecule has 0 saturated carbocycles. The van der Waals surface area contributed by atoms with Gasteiger partial charge in [-0.3, -0.25) is 9.69 Å². The summed E-state index contributed by atoms with van der Waals surface area (Å²) in [7, 11) is 0. The van der Waals surface area contributed by atoms with E-state index in [-0.39, 0.29) is 11.9 Å². The van der Waals surface area contributed by atoms with Gasteiger partial charge in [0.05, 0.1) is 12.6 Å². The molecule has 5 heteroatoms. The van der Waals surface area contributed by atoms with E-state index in [9.17, 15) is 4.79 Å². The molecule has 1 aromatic rings. The fraction of sp³-hybridized carbons (Fsp3) is 0.696. The number of ether oxygens (including phenoxy) is 1. The van der Waals surface area contributed by atoms with Crippen molar-refractivity contribution in [2.24, 2.45) is 0 Å². The van der Waals surface area contributed by atoms with Crippen LogP contribution in [0.25, 0.3) is 0 Å². The molecule has 28 heavy (non-hydrogen) atoms. The SMILES string of the molecule is CCCN(CCC)C(C)C(=O)NCc1ccc(OCCCN(CC)CC)cc1. The van der Waals surface area contributed by atoms with Crippen molar-refractivity contribution in [1.82, 2.24) is 15.1 Å². The Morgan fingerprint density at radius 2 is 1.61 bits per heavy atom. The minimum absolute atomic E-state index is 0.0895. The number of amides is 1. The maximum Gasteiger partial charge on any atom is 0.237 e. The Morgan fingerprint density at radius 1 is 1.00 bits per heavy atom. The van der Waals surface area contributed by atoms with Crippen molar-refractivity contribution >= 4 is 5.91 Å². The maximum atomic E-state index is 12.5. The summed E-state index contributed by atoms with van der Waals surface area (Å²) in [4.78, 5) is 17.1. The molecule has 0 radical (unpaired) electrons. The number of hydrogen-bond donors (Lipinski definition) is 1. The Morgan fingerprint density at radius 3 is 2.14 bits per heavy atom. The van der Waals surface area contributed by atoms with Gasteiger partial charge in [-0.1, -0.05) is 39.8 Å². The summed E-state index contributed by atoms with van der Waals surface area (Å²) in [5.41, 5.74) is 1.09. The largest absolute Gasteiger partial charge is 0.494 e. The molecule has 0 aliphatic heterocycles. The van der Waals surface area contributed by atoms with Crippen LogP contribution in [0.2, 0.25) is 0 Å². The number of nitrogens with zero attached hydrogens (tertiary/aromatic N) is 2. The zero-order chi connectivity index (χ0) is 20.8. The summed E-state index contributed by atoms with van der Waals surface area (Å²) in [5, 5.41) is 3.07. The van der Waals surface area contributed by atoms with Crippen LogP contribution in [-0.2, 0) is 11.3 Å². The highest BCUT2D eigenvalue weighted by molar-refractivity contribution is 5.81. The summed E-state index contributed by atoms with van der Waals surface area (Å²) in [5.74, 6) is 0.985. The van der Waals surface area contributed by atoms with Gasteiger partial charge in [-0.15, -0.1) is 0 Å². The molecule has 0 bridgehead atoms. The molecule has 1 unspecified atom stereocenters. The molecule has 1 rings (SSSR count). The average molecular weight is 392 g/mol. The first kappa shape index (κ1) is 24.4. The molecule has 0 aliphatic rings. The number of nitrogens with one attached hydrogen (secondary N) is 1. The molecule has 1 atom stereocenters. The van der Waals surface area contributed by atoms with Gasteiger partial charge in [0.1, 0.15) is 5.75 Å². The van der Waals surface area contributed by atoms with E-state index in [2.05, 4.69) is 42.8 Å². The molecule has 5 nitrogen and oxygen atoms in total. The van der Waals surface area contributed by atoms with Gasteiger partial charge in [0, 0.05) is 13.1 Å². The fourth-order valence-corrected chi connectivity index (χ4v) is 3.30. The second kappa shape index (κ2) is 14.4. The van der Waals surface area contributed by atoms with Gasteiger partial charge in [-0.05, 0) is 70.1 Å². The van der Waals surface area contributed by atoms with E-state index >= 15 is 0 Å². The van der Waals surface area contributed by atoms with Crippen LogP contribution in [0.15, 0.2) is 24.3 Å². The fourth-order valence-electron chi connectivity index (χ4n) is 3.30. The minimum atomic E-state index is -0.0895. The molecular formula is C23H41N3O2. The Bertz CT molecular complexity index is 523. The Hall–Kier alpha value is -1.59. The standard InChI is InChI=1S/C23H41N3O2/c1-6-15-26(16-7-2)20(5)23(27)24-19-21-11-13-22(14-12-21)28-18-10-17-25(8-3)9-4/h11-14,20H,6-10,15-19H2,1-5H3,(H,24,27). The van der Waals surface area contributed by atoms with E-state index in [4.69, 9.17) is 4.74 Å². The Kier molecular flexibility index (Phi) is 12.6. The summed E-state index contributed by atoms with van der Waals surface area (Å²) < 4.78 is 5.83. The second-order valence-corrected chi connectivity index (χ2v) is 7.30. The quantitative estimate of drug-likeness (QED) is 0.460. The van der Waals surface area contributed by atoms with Crippen LogP contribution in [-0.4, -0.2) is 61.1 Å². The maximum absolute atomic E-state index is 12.5. The molecular weight excluding hydrogens is 350 g/mol. The van der Waals surface area contributed by atoms with E-state index in [0.29, 0.717) is 6.54 Å². The van der Waals surface area contributed by atoms with Crippen molar-refractivity contribution in [1.29, 1.82) is 0 Å². The van der Waals surface area contributed by atoms with Crippen LogP contribution in [0, 0.1) is 0 Å². The van der Waals surface area contributed by atoms with Crippen molar-refractivity contribution in [3.05, 3.63) is 29.8 Å². The molecule has 0 aliphatic carbocycles. The molecule has 0 heterocycles. The van der Waals surface area contributed by atoms with E-state index in [0.717, 1.165) is 69.9 Å². The Balaban J connectivity index is 2.38. The van der Waals surface area contributed by atoms with Gasteiger partial charge < -0.3 is 15.0 Å². The molecule has 0 spiro atoms. The lowest BCUT2D eigenvalue weighted by molar-refractivity contribution is -0.126. The first-order valence-corrected chi connectivity index (χ1v) is 11.0. The van der Waals surface area contributed by atoms with E-state index < -0.39 is 0 Å². The normalized spacial score (nSPS) is 12.4. The molecule has 0 fully saturated rings. The van der Waals surface area contributed by atoms with Crippen molar-refractivity contribution in [3.63, 3.8) is 0 Å². The average Bonchev–Trinajstić information content (AvgIpc) is 2.72. The van der Waals surface area contributed by atoms with E-state index in [1.165, 1.54) is 0 Å². The third-order valence-corrected chi connectivity index (χ3v) is 5.12. The highest BCUT2D eigenvalue weighted by Gasteiger charge is 2.19. The number of benzene rings is 1. The van der Waals surface area contributed by atoms with Crippen molar-refractivity contribution in [2.75, 3.05) is 39.3 Å². The lowest BCUT2D eigenvalue weighted by Gasteiger charge is -2.27. The van der Waals surface area contributed by atoms with Crippen LogP contribution in [0.4, 0.5) is 0 Å². The van der Waals surface area contributed by atoms with Gasteiger partial charge in [-0.25, -0.2) is 0 Å². The molecule has 160 valence electrons. The molecule has 1 aromatic carbocycles. The smallest absolute Gasteiger partial charge is 0.237 e. The third-order valence-electron chi connectivity index (χ3n) is 5.12. The van der Waals surface area contributed by atoms with Crippen LogP contribution in [0.1, 0.15) is 59.4 Å². The topological polar surface area (TPSA) is 44.8 Å². The van der Waals surface area contributed by atoms with E-state index in [1.807, 2.05) is 31.2 Å². The summed E-state index contributed by atoms with van der Waals surface area (Å²) in [6.07, 6.45) is 3.16. The van der Waals surface area contributed by atoms with Crippen LogP contribution >= 0.6 is 0 Å². The predicted molar refractivity (Wildman–Crippen MR) is 118 cm³/mol. The number of hydrogen-bond acceptors (Lipinski definition) is 4. The molecule has 0 aromatic heterocycles. The van der Waals surface area contributed by atoms with Gasteiger partial charge in [0.2, 0.25) is 5.91 Å². The lowest BCUT2D eigenvalue weighted by Crippen LogP contribution is -2.45. The number of carbonyl (C=O) groups excluding carboxylic acids is 1. The van der Waals surface area contributed by atoms with Crippen LogP contribution in [0.5, 0.6) is 5.75 Å². The molecule has 1 amide bonds. The summed E-state index contributed by atoms with van der Waals surface area (Å²) >= 11 is 0. The van der Waals surface area contributed by atoms with Crippen molar-refractivity contribution in [3.8, 4) is 5.75 Å². The van der Waals surface area contributed by atoms with Crippen LogP contribution in [0.3, 0.4) is 0 Å². The highest BCUT2D eigenvalue weighted by Crippen LogP contribution is 2.13. The van der Waals surface area contributed by atoms with Gasteiger partial charge in [0.15, 0.2) is 0 Å². The third kappa shape index (κ3) is 9.07. The summed E-state index contributed by atoms with van der Waals surface area (Å²) in [6.45, 7) is 17.1. The zero-order valence-corrected chi connectivity index (χ0v) is 18.7. The first-order valence-electron chi connectivity index (χ1n) is 11.0. The minimum Gasteiger partial charge on any atom is -0.494 e. The van der Waals surface area contributed by atoms with E-state index in [1.54, 1.807) is 0 Å². The summed E-state index contributed by atoms with van der Waals surface area (Å²) in [6, 6.07) is 7.94. The molecule has 1 N–H and O–H groups in total. The highest BCUT2D eigenvalue weighted by atomic mass is 16.5. The number of rotatable bonds is 15.